The van der Waals surface area contributed by atoms with E-state index in [0.29, 0.717) is 5.92 Å². The minimum absolute atomic E-state index is 0.0362. The lowest BCUT2D eigenvalue weighted by Crippen LogP contribution is -2.37. The quantitative estimate of drug-likeness (QED) is 0.316. The van der Waals surface area contributed by atoms with Crippen LogP contribution in [-0.2, 0) is 19.0 Å². The number of cyclic esters (lactones) is 1. The van der Waals surface area contributed by atoms with Gasteiger partial charge in [0.25, 0.3) is 0 Å². The van der Waals surface area contributed by atoms with Crippen molar-refractivity contribution in [3.8, 4) is 0 Å². The van der Waals surface area contributed by atoms with Crippen LogP contribution in [0.4, 0.5) is 0 Å². The van der Waals surface area contributed by atoms with E-state index in [9.17, 15) is 4.79 Å². The molecule has 2 heterocycles. The highest BCUT2D eigenvalue weighted by Gasteiger charge is 2.33. The Balaban J connectivity index is 1.29. The Morgan fingerprint density at radius 2 is 1.52 bits per heavy atom. The molecule has 2 aliphatic heterocycles. The van der Waals surface area contributed by atoms with E-state index in [1.54, 1.807) is 0 Å². The van der Waals surface area contributed by atoms with E-state index in [0.717, 1.165) is 63.6 Å². The molecule has 0 aromatic heterocycles. The lowest BCUT2D eigenvalue weighted by atomic mass is 9.74. The molecule has 0 spiro atoms. The second-order valence-electron chi connectivity index (χ2n) is 9.83. The van der Waals surface area contributed by atoms with E-state index in [4.69, 9.17) is 14.2 Å². The summed E-state index contributed by atoms with van der Waals surface area (Å²) >= 11 is 0. The van der Waals surface area contributed by atoms with Crippen LogP contribution in [-0.4, -0.2) is 31.6 Å². The maximum absolute atomic E-state index is 12.4. The molecule has 0 bridgehead atoms. The average Bonchev–Trinajstić information content (AvgIpc) is 2.75. The Morgan fingerprint density at radius 1 is 0.759 bits per heavy atom. The maximum atomic E-state index is 12.4. The molecule has 1 saturated carbocycles. The van der Waals surface area contributed by atoms with E-state index >= 15 is 0 Å². The van der Waals surface area contributed by atoms with Gasteiger partial charge in [0.15, 0.2) is 6.29 Å². The second kappa shape index (κ2) is 12.3. The third-order valence-corrected chi connectivity index (χ3v) is 7.58. The molecule has 2 unspecified atom stereocenters. The predicted octanol–water partition coefficient (Wildman–Crippen LogP) is 6.26. The zero-order chi connectivity index (χ0) is 20.5. The maximum Gasteiger partial charge on any atom is 0.309 e. The molecule has 1 aliphatic carbocycles. The molecule has 0 N–H and O–H groups in total. The van der Waals surface area contributed by atoms with Crippen molar-refractivity contribution >= 4 is 5.97 Å². The lowest BCUT2D eigenvalue weighted by Gasteiger charge is -2.38. The number of hydrogen-bond acceptors (Lipinski definition) is 4. The molecule has 0 amide bonds. The first kappa shape index (κ1) is 23.1. The largest absolute Gasteiger partial charge is 0.462 e. The molecule has 3 rings (SSSR count). The molecule has 4 heteroatoms. The monoisotopic (exact) mass is 408 g/mol. The van der Waals surface area contributed by atoms with Crippen molar-refractivity contribution < 1.29 is 19.0 Å². The lowest BCUT2D eigenvalue weighted by molar-refractivity contribution is -0.212. The average molecular weight is 409 g/mol. The Kier molecular flexibility index (Phi) is 9.78. The van der Waals surface area contributed by atoms with Gasteiger partial charge in [0, 0.05) is 5.92 Å². The van der Waals surface area contributed by atoms with Gasteiger partial charge in [0.2, 0.25) is 0 Å². The van der Waals surface area contributed by atoms with Crippen molar-refractivity contribution in [1.29, 1.82) is 0 Å². The Morgan fingerprint density at radius 3 is 2.17 bits per heavy atom. The highest BCUT2D eigenvalue weighted by molar-refractivity contribution is 5.73. The topological polar surface area (TPSA) is 44.8 Å². The van der Waals surface area contributed by atoms with Crippen LogP contribution in [0.5, 0.6) is 0 Å². The molecule has 29 heavy (non-hydrogen) atoms. The molecular weight excluding hydrogens is 364 g/mol. The van der Waals surface area contributed by atoms with Gasteiger partial charge in [-0.2, -0.15) is 0 Å². The van der Waals surface area contributed by atoms with Crippen LogP contribution >= 0.6 is 0 Å². The Hall–Kier alpha value is -0.610. The van der Waals surface area contributed by atoms with Crippen molar-refractivity contribution in [3.63, 3.8) is 0 Å². The summed E-state index contributed by atoms with van der Waals surface area (Å²) in [5, 5.41) is 0. The van der Waals surface area contributed by atoms with E-state index in [1.807, 2.05) is 0 Å². The van der Waals surface area contributed by atoms with Crippen LogP contribution in [0.25, 0.3) is 0 Å². The third-order valence-electron chi connectivity index (χ3n) is 7.58. The summed E-state index contributed by atoms with van der Waals surface area (Å²) in [5.41, 5.74) is 0. The van der Waals surface area contributed by atoms with Gasteiger partial charge in [0.1, 0.15) is 6.10 Å². The van der Waals surface area contributed by atoms with Gasteiger partial charge >= 0.3 is 5.97 Å². The molecule has 4 nitrogen and oxygen atoms in total. The molecule has 0 aromatic carbocycles. The first-order valence-electron chi connectivity index (χ1n) is 12.6. The Bertz CT molecular complexity index is 463. The number of rotatable bonds is 10. The number of carbonyl (C=O) groups is 1. The van der Waals surface area contributed by atoms with E-state index in [1.165, 1.54) is 51.4 Å². The first-order valence-corrected chi connectivity index (χ1v) is 12.6. The van der Waals surface area contributed by atoms with Crippen molar-refractivity contribution in [2.24, 2.45) is 23.7 Å². The van der Waals surface area contributed by atoms with E-state index in [-0.39, 0.29) is 24.3 Å². The highest BCUT2D eigenvalue weighted by atomic mass is 16.7. The van der Waals surface area contributed by atoms with E-state index < -0.39 is 0 Å². The van der Waals surface area contributed by atoms with Gasteiger partial charge < -0.3 is 14.2 Å². The van der Waals surface area contributed by atoms with Crippen LogP contribution in [0.2, 0.25) is 0 Å². The van der Waals surface area contributed by atoms with Gasteiger partial charge in [0.05, 0.1) is 19.1 Å². The third kappa shape index (κ3) is 7.24. The number of ether oxygens (including phenoxy) is 3. The van der Waals surface area contributed by atoms with Crippen LogP contribution < -0.4 is 0 Å². The molecule has 168 valence electrons. The molecule has 3 aliphatic rings. The van der Waals surface area contributed by atoms with E-state index in [2.05, 4.69) is 13.8 Å². The molecule has 2 atom stereocenters. The molecule has 0 aromatic rings. The van der Waals surface area contributed by atoms with Gasteiger partial charge in [-0.1, -0.05) is 46.0 Å². The molecular formula is C25H44O4. The number of unbranched alkanes of at least 4 members (excludes halogenated alkanes) is 2. The number of hydrogen-bond donors (Lipinski definition) is 0. The summed E-state index contributed by atoms with van der Waals surface area (Å²) in [7, 11) is 0. The zero-order valence-electron chi connectivity index (χ0n) is 18.9. The summed E-state index contributed by atoms with van der Waals surface area (Å²) in [6.07, 6.45) is 16.7. The fourth-order valence-corrected chi connectivity index (χ4v) is 5.53. The summed E-state index contributed by atoms with van der Waals surface area (Å²) < 4.78 is 17.6. The molecule has 0 radical (unpaired) electrons. The summed E-state index contributed by atoms with van der Waals surface area (Å²) in [5.74, 6) is 2.38. The first-order chi connectivity index (χ1) is 14.2. The summed E-state index contributed by atoms with van der Waals surface area (Å²) in [6.45, 7) is 6.16. The van der Waals surface area contributed by atoms with Crippen LogP contribution in [0.15, 0.2) is 0 Å². The van der Waals surface area contributed by atoms with Crippen molar-refractivity contribution in [3.05, 3.63) is 0 Å². The normalized spacial score (nSPS) is 36.0. The SMILES string of the molecule is CCCCCC1CCC(CCC2CCC(C3COC(CCC)OC3)CC2)C(=O)O1. The van der Waals surface area contributed by atoms with Gasteiger partial charge in [-0.3, -0.25) is 4.79 Å². The standard InChI is InChI=1S/C25H44O4/c1-3-5-6-8-23-16-15-21(25(26)29-23)14-11-19-9-12-20(13-10-19)22-17-27-24(7-4-2)28-18-22/h19-24H,3-18H2,1-2H3. The fraction of sp³-hybridized carbons (Fsp3) is 0.960. The second-order valence-corrected chi connectivity index (χ2v) is 9.83. The van der Waals surface area contributed by atoms with Gasteiger partial charge in [-0.25, -0.2) is 0 Å². The van der Waals surface area contributed by atoms with Crippen LogP contribution in [0.1, 0.15) is 104 Å². The van der Waals surface area contributed by atoms with Crippen LogP contribution in [0.3, 0.4) is 0 Å². The van der Waals surface area contributed by atoms with Crippen molar-refractivity contribution in [2.45, 2.75) is 116 Å². The van der Waals surface area contributed by atoms with Crippen LogP contribution in [0, 0.1) is 23.7 Å². The minimum Gasteiger partial charge on any atom is -0.462 e. The number of carbonyl (C=O) groups excluding carboxylic acids is 1. The zero-order valence-corrected chi connectivity index (χ0v) is 18.9. The number of esters is 1. The smallest absolute Gasteiger partial charge is 0.309 e. The van der Waals surface area contributed by atoms with Crippen molar-refractivity contribution in [2.75, 3.05) is 13.2 Å². The summed E-state index contributed by atoms with van der Waals surface area (Å²) in [4.78, 5) is 12.4. The summed E-state index contributed by atoms with van der Waals surface area (Å²) in [6, 6.07) is 0. The van der Waals surface area contributed by atoms with Crippen molar-refractivity contribution in [1.82, 2.24) is 0 Å². The molecule has 2 saturated heterocycles. The predicted molar refractivity (Wildman–Crippen MR) is 116 cm³/mol. The Labute approximate surface area is 178 Å². The fourth-order valence-electron chi connectivity index (χ4n) is 5.53. The molecule has 3 fully saturated rings. The van der Waals surface area contributed by atoms with Gasteiger partial charge in [-0.05, 0) is 69.6 Å². The van der Waals surface area contributed by atoms with Gasteiger partial charge in [-0.15, -0.1) is 0 Å². The minimum atomic E-state index is 0.0362. The highest BCUT2D eigenvalue weighted by Crippen LogP contribution is 2.38.